The fourth-order valence-corrected chi connectivity index (χ4v) is 1.09. The molecule has 2 aromatic rings. The van der Waals surface area contributed by atoms with Gasteiger partial charge in [0.2, 0.25) is 0 Å². The highest BCUT2D eigenvalue weighted by molar-refractivity contribution is 5.59. The van der Waals surface area contributed by atoms with Crippen LogP contribution in [0.25, 0.3) is 11.4 Å². The van der Waals surface area contributed by atoms with Crippen LogP contribution < -0.4 is 11.3 Å². The van der Waals surface area contributed by atoms with Crippen molar-refractivity contribution in [2.24, 2.45) is 5.84 Å². The van der Waals surface area contributed by atoms with E-state index >= 15 is 0 Å². The van der Waals surface area contributed by atoms with Gasteiger partial charge in [-0.05, 0) is 12.1 Å². The summed E-state index contributed by atoms with van der Waals surface area (Å²) >= 11 is 0. The van der Waals surface area contributed by atoms with Gasteiger partial charge in [0, 0.05) is 18.6 Å². The minimum atomic E-state index is 0.726. The molecule has 0 bridgehead atoms. The largest absolute Gasteiger partial charge is 0.324 e. The fraction of sp³-hybridized carbons (Fsp3) is 0. The van der Waals surface area contributed by atoms with Crippen molar-refractivity contribution in [3.63, 3.8) is 0 Å². The maximum absolute atomic E-state index is 5.28. The highest BCUT2D eigenvalue weighted by Crippen LogP contribution is 2.15. The molecule has 0 fully saturated rings. The van der Waals surface area contributed by atoms with E-state index in [9.17, 15) is 0 Å². The molecule has 0 spiro atoms. The van der Waals surface area contributed by atoms with Crippen molar-refractivity contribution in [1.82, 2.24) is 15.0 Å². The summed E-state index contributed by atoms with van der Waals surface area (Å²) in [5, 5.41) is 0. The molecule has 0 saturated carbocycles. The molecule has 3 N–H and O–H groups in total. The van der Waals surface area contributed by atoms with Crippen LogP contribution in [0, 0.1) is 0 Å². The fourth-order valence-electron chi connectivity index (χ4n) is 1.09. The van der Waals surface area contributed by atoms with E-state index in [-0.39, 0.29) is 0 Å². The van der Waals surface area contributed by atoms with E-state index in [1.165, 1.54) is 0 Å². The molecule has 70 valence electrons. The molecular formula is C9H9N5. The first-order valence-electron chi connectivity index (χ1n) is 4.09. The van der Waals surface area contributed by atoms with Gasteiger partial charge in [0.05, 0.1) is 17.6 Å². The van der Waals surface area contributed by atoms with Crippen molar-refractivity contribution < 1.29 is 0 Å². The number of pyridine rings is 1. The zero-order valence-corrected chi connectivity index (χ0v) is 7.38. The van der Waals surface area contributed by atoms with Crippen LogP contribution in [-0.2, 0) is 0 Å². The molecule has 0 saturated heterocycles. The van der Waals surface area contributed by atoms with Gasteiger partial charge >= 0.3 is 0 Å². The SMILES string of the molecule is NNc1ccnc(-c2cnccn2)c1. The third-order valence-corrected chi connectivity index (χ3v) is 1.75. The van der Waals surface area contributed by atoms with Crippen molar-refractivity contribution in [2.45, 2.75) is 0 Å². The van der Waals surface area contributed by atoms with E-state index in [1.807, 2.05) is 6.07 Å². The normalized spacial score (nSPS) is 9.79. The molecule has 5 nitrogen and oxygen atoms in total. The van der Waals surface area contributed by atoms with Gasteiger partial charge in [-0.2, -0.15) is 0 Å². The predicted molar refractivity (Wildman–Crippen MR) is 53.1 cm³/mol. The van der Waals surface area contributed by atoms with Gasteiger partial charge in [0.25, 0.3) is 0 Å². The number of nitrogens with two attached hydrogens (primary N) is 1. The number of nitrogens with one attached hydrogen (secondary N) is 1. The van der Waals surface area contributed by atoms with E-state index in [0.717, 1.165) is 17.1 Å². The van der Waals surface area contributed by atoms with E-state index < -0.39 is 0 Å². The molecule has 14 heavy (non-hydrogen) atoms. The molecule has 0 aliphatic carbocycles. The Balaban J connectivity index is 2.42. The number of nitrogens with zero attached hydrogens (tertiary/aromatic N) is 3. The van der Waals surface area contributed by atoms with Crippen molar-refractivity contribution in [1.29, 1.82) is 0 Å². The van der Waals surface area contributed by atoms with E-state index in [1.54, 1.807) is 30.9 Å². The first kappa shape index (κ1) is 8.58. The van der Waals surface area contributed by atoms with Crippen LogP contribution in [0.2, 0.25) is 0 Å². The highest BCUT2D eigenvalue weighted by atomic mass is 15.2. The molecule has 0 atom stereocenters. The van der Waals surface area contributed by atoms with Crippen LogP contribution in [0.4, 0.5) is 5.69 Å². The van der Waals surface area contributed by atoms with Gasteiger partial charge in [-0.25, -0.2) is 0 Å². The quantitative estimate of drug-likeness (QED) is 0.537. The summed E-state index contributed by atoms with van der Waals surface area (Å²) < 4.78 is 0. The smallest absolute Gasteiger partial charge is 0.107 e. The molecule has 2 heterocycles. The predicted octanol–water partition coefficient (Wildman–Crippen LogP) is 0.824. The van der Waals surface area contributed by atoms with Crippen LogP contribution >= 0.6 is 0 Å². The zero-order chi connectivity index (χ0) is 9.80. The Hall–Kier alpha value is -2.01. The lowest BCUT2D eigenvalue weighted by atomic mass is 10.2. The molecule has 5 heteroatoms. The van der Waals surface area contributed by atoms with Crippen LogP contribution in [0.15, 0.2) is 36.9 Å². The highest BCUT2D eigenvalue weighted by Gasteiger charge is 2.00. The second kappa shape index (κ2) is 3.80. The zero-order valence-electron chi connectivity index (χ0n) is 7.38. The van der Waals surface area contributed by atoms with Gasteiger partial charge in [-0.15, -0.1) is 0 Å². The Morgan fingerprint density at radius 2 is 1.93 bits per heavy atom. The van der Waals surface area contributed by atoms with Crippen molar-refractivity contribution in [2.75, 3.05) is 5.43 Å². The third-order valence-electron chi connectivity index (χ3n) is 1.75. The monoisotopic (exact) mass is 187 g/mol. The number of aromatic nitrogens is 3. The molecule has 2 aromatic heterocycles. The lowest BCUT2D eigenvalue weighted by molar-refractivity contribution is 1.17. The molecule has 2 rings (SSSR count). The minimum Gasteiger partial charge on any atom is -0.324 e. The lowest BCUT2D eigenvalue weighted by Crippen LogP contribution is -2.06. The first-order chi connectivity index (χ1) is 6.90. The van der Waals surface area contributed by atoms with Crippen molar-refractivity contribution >= 4 is 5.69 Å². The summed E-state index contributed by atoms with van der Waals surface area (Å²) in [6, 6.07) is 3.59. The molecular weight excluding hydrogens is 178 g/mol. The molecule has 0 aliphatic heterocycles. The van der Waals surface area contributed by atoms with Gasteiger partial charge < -0.3 is 5.43 Å². The summed E-state index contributed by atoms with van der Waals surface area (Å²) in [5.41, 5.74) is 4.81. The van der Waals surface area contributed by atoms with E-state index in [0.29, 0.717) is 0 Å². The lowest BCUT2D eigenvalue weighted by Gasteiger charge is -2.01. The van der Waals surface area contributed by atoms with Gasteiger partial charge in [-0.3, -0.25) is 20.8 Å². The van der Waals surface area contributed by atoms with Gasteiger partial charge in [0.15, 0.2) is 0 Å². The van der Waals surface area contributed by atoms with Crippen molar-refractivity contribution in [3.8, 4) is 11.4 Å². The standard InChI is InChI=1S/C9H9N5/c10-14-7-1-2-12-8(5-7)9-6-11-3-4-13-9/h1-6H,10H2,(H,12,14). The average molecular weight is 187 g/mol. The van der Waals surface area contributed by atoms with Gasteiger partial charge in [-0.1, -0.05) is 0 Å². The topological polar surface area (TPSA) is 76.7 Å². The first-order valence-corrected chi connectivity index (χ1v) is 4.09. The molecule has 0 amide bonds. The summed E-state index contributed by atoms with van der Waals surface area (Å²) in [6.45, 7) is 0. The van der Waals surface area contributed by atoms with Crippen LogP contribution in [0.5, 0.6) is 0 Å². The van der Waals surface area contributed by atoms with Gasteiger partial charge in [0.1, 0.15) is 5.69 Å². The Bertz CT molecular complexity index is 415. The molecule has 0 aromatic carbocycles. The summed E-state index contributed by atoms with van der Waals surface area (Å²) in [4.78, 5) is 12.3. The second-order valence-corrected chi connectivity index (χ2v) is 2.66. The number of hydrazine groups is 1. The van der Waals surface area contributed by atoms with Crippen LogP contribution in [0.3, 0.4) is 0 Å². The van der Waals surface area contributed by atoms with Crippen LogP contribution in [0.1, 0.15) is 0 Å². The maximum atomic E-state index is 5.28. The minimum absolute atomic E-state index is 0.726. The Morgan fingerprint density at radius 1 is 1.07 bits per heavy atom. The number of anilines is 1. The molecule has 0 unspecified atom stereocenters. The average Bonchev–Trinajstić information content (AvgIpc) is 2.30. The number of hydrogen-bond acceptors (Lipinski definition) is 5. The Labute approximate surface area is 81.0 Å². The Morgan fingerprint density at radius 3 is 2.64 bits per heavy atom. The summed E-state index contributed by atoms with van der Waals surface area (Å²) in [5.74, 6) is 5.28. The molecule has 0 aliphatic rings. The molecule has 0 radical (unpaired) electrons. The summed E-state index contributed by atoms with van der Waals surface area (Å²) in [7, 11) is 0. The number of rotatable bonds is 2. The maximum Gasteiger partial charge on any atom is 0.107 e. The van der Waals surface area contributed by atoms with E-state index in [2.05, 4.69) is 20.4 Å². The number of nitrogen functional groups attached to an aromatic ring is 1. The van der Waals surface area contributed by atoms with E-state index in [4.69, 9.17) is 5.84 Å². The Kier molecular flexibility index (Phi) is 2.33. The third kappa shape index (κ3) is 1.67. The van der Waals surface area contributed by atoms with Crippen LogP contribution in [-0.4, -0.2) is 15.0 Å². The summed E-state index contributed by atoms with van der Waals surface area (Å²) in [6.07, 6.45) is 6.57. The van der Waals surface area contributed by atoms with Crippen molar-refractivity contribution in [3.05, 3.63) is 36.9 Å². The second-order valence-electron chi connectivity index (χ2n) is 2.66. The number of hydrogen-bond donors (Lipinski definition) is 2.